The van der Waals surface area contributed by atoms with Crippen molar-refractivity contribution in [3.63, 3.8) is 0 Å². The van der Waals surface area contributed by atoms with E-state index < -0.39 is 23.4 Å². The van der Waals surface area contributed by atoms with Crippen molar-refractivity contribution in [3.8, 4) is 5.75 Å². The highest BCUT2D eigenvalue weighted by Gasteiger charge is 2.40. The van der Waals surface area contributed by atoms with Crippen LogP contribution in [0.4, 0.5) is 20.2 Å². The zero-order chi connectivity index (χ0) is 23.0. The van der Waals surface area contributed by atoms with Crippen LogP contribution in [0.2, 0.25) is 5.02 Å². The smallest absolute Gasteiger partial charge is 0.282 e. The fourth-order valence-electron chi connectivity index (χ4n) is 3.41. The van der Waals surface area contributed by atoms with Crippen LogP contribution in [0.15, 0.2) is 66.4 Å². The Morgan fingerprint density at radius 3 is 2.31 bits per heavy atom. The summed E-state index contributed by atoms with van der Waals surface area (Å²) in [6, 6.07) is 14.6. The molecule has 4 rings (SSSR count). The van der Waals surface area contributed by atoms with Gasteiger partial charge in [-0.1, -0.05) is 29.8 Å². The average molecular weight is 455 g/mol. The van der Waals surface area contributed by atoms with Gasteiger partial charge in [-0.3, -0.25) is 9.59 Å². The maximum atomic E-state index is 13.8. The molecule has 8 heteroatoms. The first-order valence-corrected chi connectivity index (χ1v) is 9.94. The normalized spacial score (nSPS) is 13.7. The Balaban J connectivity index is 1.85. The van der Waals surface area contributed by atoms with E-state index in [1.54, 1.807) is 49.4 Å². The third-order valence-electron chi connectivity index (χ3n) is 5.15. The monoisotopic (exact) mass is 454 g/mol. The van der Waals surface area contributed by atoms with Crippen LogP contribution in [-0.4, -0.2) is 18.9 Å². The highest BCUT2D eigenvalue weighted by atomic mass is 35.5. The molecule has 2 amide bonds. The molecule has 1 aliphatic heterocycles. The number of rotatable bonds is 5. The molecule has 0 spiro atoms. The van der Waals surface area contributed by atoms with Crippen LogP contribution < -0.4 is 15.0 Å². The Morgan fingerprint density at radius 1 is 0.938 bits per heavy atom. The van der Waals surface area contributed by atoms with Crippen molar-refractivity contribution in [1.82, 2.24) is 0 Å². The van der Waals surface area contributed by atoms with E-state index in [0.29, 0.717) is 27.6 Å². The first-order chi connectivity index (χ1) is 15.3. The Bertz CT molecular complexity index is 1270. The second-order valence-corrected chi connectivity index (χ2v) is 7.47. The van der Waals surface area contributed by atoms with Gasteiger partial charge in [0.05, 0.1) is 18.4 Å². The van der Waals surface area contributed by atoms with Crippen molar-refractivity contribution < 1.29 is 23.1 Å². The fourth-order valence-corrected chi connectivity index (χ4v) is 3.58. The predicted molar refractivity (Wildman–Crippen MR) is 119 cm³/mol. The molecule has 162 valence electrons. The van der Waals surface area contributed by atoms with E-state index in [1.165, 1.54) is 13.2 Å². The first kappa shape index (κ1) is 21.5. The number of amides is 2. The molecule has 32 heavy (non-hydrogen) atoms. The summed E-state index contributed by atoms with van der Waals surface area (Å²) >= 11 is 6.20. The number of anilines is 2. The SMILES string of the molecule is COc1ccc(C2=C(Nc3cccc(Cl)c3C)C(=O)N(c3ccc(F)c(F)c3)C2=O)cc1. The number of carbonyl (C=O) groups excluding carboxylic acids is 2. The van der Waals surface area contributed by atoms with Crippen LogP contribution in [0.5, 0.6) is 5.75 Å². The van der Waals surface area contributed by atoms with Crippen molar-refractivity contribution in [1.29, 1.82) is 0 Å². The first-order valence-electron chi connectivity index (χ1n) is 9.56. The molecule has 0 saturated heterocycles. The van der Waals surface area contributed by atoms with E-state index in [1.807, 2.05) is 0 Å². The maximum absolute atomic E-state index is 13.8. The molecule has 3 aromatic carbocycles. The molecule has 0 aromatic heterocycles. The van der Waals surface area contributed by atoms with Crippen LogP contribution in [-0.2, 0) is 9.59 Å². The fraction of sp³-hybridized carbons (Fsp3) is 0.0833. The third-order valence-corrected chi connectivity index (χ3v) is 5.56. The Kier molecular flexibility index (Phi) is 5.67. The molecule has 1 heterocycles. The summed E-state index contributed by atoms with van der Waals surface area (Å²) in [6.45, 7) is 1.77. The number of methoxy groups -OCH3 is 1. The van der Waals surface area contributed by atoms with Crippen molar-refractivity contribution in [2.24, 2.45) is 0 Å². The molecule has 5 nitrogen and oxygen atoms in total. The van der Waals surface area contributed by atoms with Gasteiger partial charge in [0.25, 0.3) is 11.8 Å². The molecule has 0 aliphatic carbocycles. The number of nitrogens with zero attached hydrogens (tertiary/aromatic N) is 1. The molecule has 0 saturated carbocycles. The molecular weight excluding hydrogens is 438 g/mol. The summed E-state index contributed by atoms with van der Waals surface area (Å²) in [6.07, 6.45) is 0. The van der Waals surface area contributed by atoms with E-state index in [-0.39, 0.29) is 17.0 Å². The number of carbonyl (C=O) groups is 2. The lowest BCUT2D eigenvalue weighted by molar-refractivity contribution is -0.120. The van der Waals surface area contributed by atoms with Gasteiger partial charge in [0, 0.05) is 16.8 Å². The molecule has 3 aromatic rings. The number of halogens is 3. The minimum Gasteiger partial charge on any atom is -0.497 e. The van der Waals surface area contributed by atoms with Gasteiger partial charge < -0.3 is 10.1 Å². The quantitative estimate of drug-likeness (QED) is 0.529. The lowest BCUT2D eigenvalue weighted by Crippen LogP contribution is -2.32. The van der Waals surface area contributed by atoms with Crippen molar-refractivity contribution in [2.45, 2.75) is 6.92 Å². The van der Waals surface area contributed by atoms with Crippen molar-refractivity contribution >= 4 is 40.4 Å². The summed E-state index contributed by atoms with van der Waals surface area (Å²) in [4.78, 5) is 27.5. The average Bonchev–Trinajstić information content (AvgIpc) is 3.03. The van der Waals surface area contributed by atoms with Gasteiger partial charge in [-0.25, -0.2) is 13.7 Å². The van der Waals surface area contributed by atoms with E-state index >= 15 is 0 Å². The van der Waals surface area contributed by atoms with Crippen LogP contribution in [0, 0.1) is 18.6 Å². The van der Waals surface area contributed by atoms with Gasteiger partial charge in [-0.05, 0) is 54.4 Å². The summed E-state index contributed by atoms with van der Waals surface area (Å²) in [5.41, 5.74) is 1.67. The van der Waals surface area contributed by atoms with Crippen molar-refractivity contribution in [3.05, 3.63) is 94.1 Å². The van der Waals surface area contributed by atoms with Gasteiger partial charge in [0.15, 0.2) is 11.6 Å². The highest BCUT2D eigenvalue weighted by Crippen LogP contribution is 2.36. The summed E-state index contributed by atoms with van der Waals surface area (Å²) in [5, 5.41) is 3.50. The van der Waals surface area contributed by atoms with Crippen LogP contribution in [0.3, 0.4) is 0 Å². The number of nitrogens with one attached hydrogen (secondary N) is 1. The Labute approximate surface area is 187 Å². The molecule has 1 N–H and O–H groups in total. The second-order valence-electron chi connectivity index (χ2n) is 7.06. The van der Waals surface area contributed by atoms with Gasteiger partial charge in [-0.15, -0.1) is 0 Å². The van der Waals surface area contributed by atoms with Gasteiger partial charge >= 0.3 is 0 Å². The van der Waals surface area contributed by atoms with Gasteiger partial charge in [0.2, 0.25) is 0 Å². The zero-order valence-corrected chi connectivity index (χ0v) is 17.8. The molecule has 1 aliphatic rings. The minimum atomic E-state index is -1.17. The van der Waals surface area contributed by atoms with E-state index in [0.717, 1.165) is 17.0 Å². The van der Waals surface area contributed by atoms with E-state index in [9.17, 15) is 18.4 Å². The topological polar surface area (TPSA) is 58.6 Å². The Morgan fingerprint density at radius 2 is 1.66 bits per heavy atom. The third kappa shape index (κ3) is 3.71. The number of benzene rings is 3. The minimum absolute atomic E-state index is 0.00438. The molecule has 0 bridgehead atoms. The lowest BCUT2D eigenvalue weighted by atomic mass is 10.0. The maximum Gasteiger partial charge on any atom is 0.282 e. The molecule has 0 unspecified atom stereocenters. The molecule has 0 atom stereocenters. The van der Waals surface area contributed by atoms with Crippen LogP contribution in [0.1, 0.15) is 11.1 Å². The Hall–Kier alpha value is -3.71. The number of imide groups is 1. The standard InChI is InChI=1S/C24H17ClF2N2O3/c1-13-17(25)4-3-5-20(13)28-22-21(14-6-9-16(32-2)10-7-14)23(30)29(24(22)31)15-8-11-18(26)19(27)12-15/h3-12,28H,1-2H3. The van der Waals surface area contributed by atoms with Crippen LogP contribution >= 0.6 is 11.6 Å². The predicted octanol–water partition coefficient (Wildman–Crippen LogP) is 5.33. The number of hydrogen-bond acceptors (Lipinski definition) is 4. The number of hydrogen-bond donors (Lipinski definition) is 1. The highest BCUT2D eigenvalue weighted by molar-refractivity contribution is 6.46. The summed E-state index contributed by atoms with van der Waals surface area (Å²) < 4.78 is 32.4. The molecular formula is C24H17ClF2N2O3. The number of ether oxygens (including phenoxy) is 1. The van der Waals surface area contributed by atoms with Gasteiger partial charge in [-0.2, -0.15) is 0 Å². The second kappa shape index (κ2) is 8.43. The zero-order valence-electron chi connectivity index (χ0n) is 17.1. The molecule has 0 fully saturated rings. The molecule has 0 radical (unpaired) electrons. The van der Waals surface area contributed by atoms with Gasteiger partial charge in [0.1, 0.15) is 11.4 Å². The largest absolute Gasteiger partial charge is 0.497 e. The van der Waals surface area contributed by atoms with Crippen LogP contribution in [0.25, 0.3) is 5.57 Å². The summed E-state index contributed by atoms with van der Waals surface area (Å²) in [7, 11) is 1.51. The summed E-state index contributed by atoms with van der Waals surface area (Å²) in [5.74, 6) is -3.05. The lowest BCUT2D eigenvalue weighted by Gasteiger charge is -2.16. The van der Waals surface area contributed by atoms with E-state index in [4.69, 9.17) is 16.3 Å². The van der Waals surface area contributed by atoms with Crippen molar-refractivity contribution in [2.75, 3.05) is 17.3 Å². The van der Waals surface area contributed by atoms with E-state index in [2.05, 4.69) is 5.32 Å².